The van der Waals surface area contributed by atoms with Gasteiger partial charge in [0.1, 0.15) is 6.10 Å². The molecule has 1 aromatic rings. The van der Waals surface area contributed by atoms with Crippen molar-refractivity contribution in [3.05, 3.63) is 24.3 Å². The maximum Gasteiger partial charge on any atom is 0.265 e. The van der Waals surface area contributed by atoms with E-state index in [9.17, 15) is 9.90 Å². The van der Waals surface area contributed by atoms with Gasteiger partial charge in [-0.15, -0.1) is 0 Å². The number of rotatable bonds is 3. The summed E-state index contributed by atoms with van der Waals surface area (Å²) >= 11 is 0. The first-order valence-electron chi connectivity index (χ1n) is 6.29. The second-order valence-electron chi connectivity index (χ2n) is 5.34. The molecule has 1 heterocycles. The van der Waals surface area contributed by atoms with Gasteiger partial charge in [0.05, 0.1) is 5.60 Å². The Morgan fingerprint density at radius 3 is 2.47 bits per heavy atom. The molecule has 0 bridgehead atoms. The van der Waals surface area contributed by atoms with E-state index in [4.69, 9.17) is 9.47 Å². The highest BCUT2D eigenvalue weighted by molar-refractivity contribution is 5.82. The Morgan fingerprint density at radius 1 is 1.32 bits per heavy atom. The summed E-state index contributed by atoms with van der Waals surface area (Å²) < 4.78 is 11.3. The fourth-order valence-electron chi connectivity index (χ4n) is 1.81. The van der Waals surface area contributed by atoms with E-state index in [1.54, 1.807) is 32.9 Å². The number of benzene rings is 1. The summed E-state index contributed by atoms with van der Waals surface area (Å²) in [5.41, 5.74) is -0.952. The van der Waals surface area contributed by atoms with Gasteiger partial charge < -0.3 is 19.9 Å². The minimum Gasteiger partial charge on any atom is -0.482 e. The van der Waals surface area contributed by atoms with E-state index in [2.05, 4.69) is 5.32 Å². The van der Waals surface area contributed by atoms with E-state index < -0.39 is 11.7 Å². The van der Waals surface area contributed by atoms with Crippen molar-refractivity contribution in [2.24, 2.45) is 0 Å². The molecule has 104 valence electrons. The van der Waals surface area contributed by atoms with Crippen molar-refractivity contribution in [1.82, 2.24) is 5.32 Å². The highest BCUT2D eigenvalue weighted by atomic mass is 16.6. The summed E-state index contributed by atoms with van der Waals surface area (Å²) in [4.78, 5) is 12.0. The summed E-state index contributed by atoms with van der Waals surface area (Å²) in [7, 11) is 0. The zero-order valence-corrected chi connectivity index (χ0v) is 11.3. The second-order valence-corrected chi connectivity index (χ2v) is 5.34. The first kappa shape index (κ1) is 13.7. The molecule has 1 amide bonds. The normalized spacial score (nSPS) is 21.9. The molecule has 1 aliphatic heterocycles. The molecule has 2 rings (SSSR count). The van der Waals surface area contributed by atoms with Crippen molar-refractivity contribution in [3.8, 4) is 11.5 Å². The van der Waals surface area contributed by atoms with Crippen LogP contribution in [0.1, 0.15) is 20.8 Å². The number of ether oxygens (including phenoxy) is 2. The number of hydrogen-bond donors (Lipinski definition) is 2. The lowest BCUT2D eigenvalue weighted by Crippen LogP contribution is -2.51. The molecule has 0 fully saturated rings. The molecular weight excluding hydrogens is 246 g/mol. The Kier molecular flexibility index (Phi) is 3.66. The third kappa shape index (κ3) is 3.38. The van der Waals surface area contributed by atoms with Crippen LogP contribution in [0.3, 0.4) is 0 Å². The van der Waals surface area contributed by atoms with Gasteiger partial charge in [-0.05, 0) is 32.9 Å². The number of hydrogen-bond acceptors (Lipinski definition) is 4. The molecule has 0 radical (unpaired) electrons. The van der Waals surface area contributed by atoms with Crippen LogP contribution in [0.2, 0.25) is 0 Å². The van der Waals surface area contributed by atoms with Crippen LogP contribution in [-0.4, -0.2) is 35.4 Å². The largest absolute Gasteiger partial charge is 0.482 e. The lowest BCUT2D eigenvalue weighted by molar-refractivity contribution is -0.134. The predicted octanol–water partition coefficient (Wildman–Crippen LogP) is 1.10. The van der Waals surface area contributed by atoms with Gasteiger partial charge in [0.25, 0.3) is 5.91 Å². The van der Waals surface area contributed by atoms with Crippen molar-refractivity contribution in [3.63, 3.8) is 0 Å². The van der Waals surface area contributed by atoms with Crippen LogP contribution in [-0.2, 0) is 4.79 Å². The maximum absolute atomic E-state index is 12.0. The average Bonchev–Trinajstić information content (AvgIpc) is 2.34. The van der Waals surface area contributed by atoms with Crippen LogP contribution in [0.4, 0.5) is 0 Å². The predicted molar refractivity (Wildman–Crippen MR) is 70.3 cm³/mol. The summed E-state index contributed by atoms with van der Waals surface area (Å²) in [6, 6.07) is 7.24. The number of aliphatic hydroxyl groups is 1. The van der Waals surface area contributed by atoms with Gasteiger partial charge in [-0.1, -0.05) is 12.1 Å². The zero-order chi connectivity index (χ0) is 14.0. The molecule has 5 heteroatoms. The van der Waals surface area contributed by atoms with Crippen molar-refractivity contribution in [1.29, 1.82) is 0 Å². The van der Waals surface area contributed by atoms with Crippen LogP contribution < -0.4 is 14.8 Å². The Balaban J connectivity index is 2.04. The molecule has 19 heavy (non-hydrogen) atoms. The molecule has 1 aliphatic rings. The molecule has 0 aliphatic carbocycles. The fourth-order valence-corrected chi connectivity index (χ4v) is 1.81. The minimum absolute atomic E-state index is 0.167. The Labute approximate surface area is 112 Å². The number of carbonyl (C=O) groups is 1. The molecule has 0 spiro atoms. The van der Waals surface area contributed by atoms with Crippen LogP contribution >= 0.6 is 0 Å². The Hall–Kier alpha value is -1.75. The summed E-state index contributed by atoms with van der Waals surface area (Å²) in [6.45, 7) is 5.21. The van der Waals surface area contributed by atoms with Gasteiger partial charge in [-0.25, -0.2) is 0 Å². The molecule has 2 unspecified atom stereocenters. The van der Waals surface area contributed by atoms with E-state index >= 15 is 0 Å². The van der Waals surface area contributed by atoms with Gasteiger partial charge in [0.2, 0.25) is 6.10 Å². The SMILES string of the molecule is CC1Oc2ccccc2OC1C(=O)NCC(C)(C)O. The summed E-state index contributed by atoms with van der Waals surface area (Å²) in [5.74, 6) is 0.912. The highest BCUT2D eigenvalue weighted by Gasteiger charge is 2.34. The Morgan fingerprint density at radius 2 is 1.89 bits per heavy atom. The monoisotopic (exact) mass is 265 g/mol. The number of fused-ring (bicyclic) bond motifs is 1. The van der Waals surface area contributed by atoms with Gasteiger partial charge >= 0.3 is 0 Å². The lowest BCUT2D eigenvalue weighted by atomic mass is 10.1. The Bertz CT molecular complexity index is 467. The average molecular weight is 265 g/mol. The number of amides is 1. The summed E-state index contributed by atoms with van der Waals surface area (Å²) in [5, 5.41) is 12.3. The third-order valence-corrected chi connectivity index (χ3v) is 2.80. The van der Waals surface area contributed by atoms with E-state index in [1.807, 2.05) is 12.1 Å². The number of carbonyl (C=O) groups excluding carboxylic acids is 1. The fraction of sp³-hybridized carbons (Fsp3) is 0.500. The molecular formula is C14H19NO4. The van der Waals surface area contributed by atoms with Crippen molar-refractivity contribution in [2.45, 2.75) is 38.6 Å². The standard InChI is InChI=1S/C14H19NO4/c1-9-12(13(16)15-8-14(2,3)17)19-11-7-5-4-6-10(11)18-9/h4-7,9,12,17H,8H2,1-3H3,(H,15,16). The lowest BCUT2D eigenvalue weighted by Gasteiger charge is -2.31. The van der Waals surface area contributed by atoms with Gasteiger partial charge in [-0.2, -0.15) is 0 Å². The van der Waals surface area contributed by atoms with Crippen LogP contribution in [0.5, 0.6) is 11.5 Å². The highest BCUT2D eigenvalue weighted by Crippen LogP contribution is 2.33. The van der Waals surface area contributed by atoms with Gasteiger partial charge in [-0.3, -0.25) is 4.79 Å². The van der Waals surface area contributed by atoms with E-state index in [-0.39, 0.29) is 18.6 Å². The minimum atomic E-state index is -0.952. The molecule has 2 atom stereocenters. The molecule has 0 aromatic heterocycles. The van der Waals surface area contributed by atoms with Gasteiger partial charge in [0.15, 0.2) is 11.5 Å². The van der Waals surface area contributed by atoms with E-state index in [1.165, 1.54) is 0 Å². The van der Waals surface area contributed by atoms with Crippen LogP contribution in [0.15, 0.2) is 24.3 Å². The van der Waals surface area contributed by atoms with E-state index in [0.717, 1.165) is 0 Å². The van der Waals surface area contributed by atoms with Crippen LogP contribution in [0.25, 0.3) is 0 Å². The van der Waals surface area contributed by atoms with Crippen molar-refractivity contribution >= 4 is 5.91 Å². The second kappa shape index (κ2) is 5.09. The van der Waals surface area contributed by atoms with Crippen molar-refractivity contribution in [2.75, 3.05) is 6.54 Å². The molecule has 1 aromatic carbocycles. The zero-order valence-electron chi connectivity index (χ0n) is 11.3. The first-order valence-corrected chi connectivity index (χ1v) is 6.29. The molecule has 0 saturated carbocycles. The number of nitrogens with one attached hydrogen (secondary N) is 1. The van der Waals surface area contributed by atoms with Crippen molar-refractivity contribution < 1.29 is 19.4 Å². The van der Waals surface area contributed by atoms with Gasteiger partial charge in [0, 0.05) is 6.54 Å². The van der Waals surface area contributed by atoms with Crippen LogP contribution in [0, 0.1) is 0 Å². The smallest absolute Gasteiger partial charge is 0.265 e. The third-order valence-electron chi connectivity index (χ3n) is 2.80. The topological polar surface area (TPSA) is 67.8 Å². The first-order chi connectivity index (χ1) is 8.87. The number of para-hydroxylation sites is 2. The summed E-state index contributed by atoms with van der Waals surface area (Å²) in [6.07, 6.45) is -1.09. The van der Waals surface area contributed by atoms with E-state index in [0.29, 0.717) is 11.5 Å². The molecule has 2 N–H and O–H groups in total. The quantitative estimate of drug-likeness (QED) is 0.859. The maximum atomic E-state index is 12.0. The molecule has 0 saturated heterocycles. The molecule has 5 nitrogen and oxygen atoms in total.